The zero-order valence-corrected chi connectivity index (χ0v) is 12.1. The van der Waals surface area contributed by atoms with Crippen LogP contribution in [0.4, 0.5) is 5.69 Å². The predicted octanol–water partition coefficient (Wildman–Crippen LogP) is 4.67. The topological polar surface area (TPSA) is 24.9 Å². The Bertz CT molecular complexity index is 706. The van der Waals surface area contributed by atoms with Gasteiger partial charge in [0.05, 0.1) is 0 Å². The van der Waals surface area contributed by atoms with Crippen LogP contribution >= 0.6 is 0 Å². The fourth-order valence-electron chi connectivity index (χ4n) is 2.37. The van der Waals surface area contributed by atoms with Gasteiger partial charge in [-0.1, -0.05) is 42.5 Å². The van der Waals surface area contributed by atoms with Gasteiger partial charge in [0.2, 0.25) is 0 Å². The summed E-state index contributed by atoms with van der Waals surface area (Å²) in [6.45, 7) is 2.93. The highest BCUT2D eigenvalue weighted by atomic mass is 14.9. The first-order valence-corrected chi connectivity index (χ1v) is 7.12. The van der Waals surface area contributed by atoms with Crippen molar-refractivity contribution in [3.8, 4) is 11.1 Å². The lowest BCUT2D eigenvalue weighted by Gasteiger charge is -2.11. The molecular formula is C19H18N2. The molecule has 0 radical (unpaired) electrons. The largest absolute Gasteiger partial charge is 0.381 e. The molecular weight excluding hydrogens is 256 g/mol. The molecule has 0 bridgehead atoms. The smallest absolute Gasteiger partial charge is 0.0416 e. The van der Waals surface area contributed by atoms with Crippen LogP contribution in [0.5, 0.6) is 0 Å². The Labute approximate surface area is 125 Å². The van der Waals surface area contributed by atoms with Crippen molar-refractivity contribution in [1.29, 1.82) is 0 Å². The molecule has 2 nitrogen and oxygen atoms in total. The van der Waals surface area contributed by atoms with Crippen LogP contribution in [0.15, 0.2) is 73.1 Å². The SMILES string of the molecule is Cc1ccc(NCc2cccnc2)cc1-c1ccccc1. The van der Waals surface area contributed by atoms with Crippen LogP contribution < -0.4 is 5.32 Å². The Hall–Kier alpha value is -2.61. The first kappa shape index (κ1) is 13.4. The summed E-state index contributed by atoms with van der Waals surface area (Å²) in [4.78, 5) is 4.14. The predicted molar refractivity (Wildman–Crippen MR) is 88.2 cm³/mol. The minimum absolute atomic E-state index is 0.783. The van der Waals surface area contributed by atoms with Crippen molar-refractivity contribution >= 4 is 5.69 Å². The summed E-state index contributed by atoms with van der Waals surface area (Å²) in [7, 11) is 0. The number of nitrogens with one attached hydrogen (secondary N) is 1. The van der Waals surface area contributed by atoms with Crippen LogP contribution in [0.3, 0.4) is 0 Å². The molecule has 0 unspecified atom stereocenters. The number of aromatic nitrogens is 1. The Kier molecular flexibility index (Phi) is 3.97. The van der Waals surface area contributed by atoms with Crippen LogP contribution in [0, 0.1) is 6.92 Å². The van der Waals surface area contributed by atoms with Gasteiger partial charge in [-0.2, -0.15) is 0 Å². The molecule has 0 aliphatic rings. The van der Waals surface area contributed by atoms with E-state index in [1.54, 1.807) is 6.20 Å². The molecule has 0 atom stereocenters. The fraction of sp³-hybridized carbons (Fsp3) is 0.105. The monoisotopic (exact) mass is 274 g/mol. The third-order valence-corrected chi connectivity index (χ3v) is 3.54. The van der Waals surface area contributed by atoms with E-state index in [-0.39, 0.29) is 0 Å². The summed E-state index contributed by atoms with van der Waals surface area (Å²) >= 11 is 0. The average molecular weight is 274 g/mol. The van der Waals surface area contributed by atoms with Crippen LogP contribution in [0.25, 0.3) is 11.1 Å². The molecule has 0 aliphatic carbocycles. The maximum absolute atomic E-state index is 4.14. The first-order chi connectivity index (χ1) is 10.3. The lowest BCUT2D eigenvalue weighted by Crippen LogP contribution is -2.00. The van der Waals surface area contributed by atoms with Gasteiger partial charge in [-0.05, 0) is 47.4 Å². The summed E-state index contributed by atoms with van der Waals surface area (Å²) in [6.07, 6.45) is 3.68. The van der Waals surface area contributed by atoms with E-state index in [4.69, 9.17) is 0 Å². The lowest BCUT2D eigenvalue weighted by atomic mass is 10.00. The minimum atomic E-state index is 0.783. The summed E-state index contributed by atoms with van der Waals surface area (Å²) in [5.41, 5.74) is 6.11. The maximum atomic E-state index is 4.14. The van der Waals surface area contributed by atoms with E-state index in [0.717, 1.165) is 12.2 Å². The van der Waals surface area contributed by atoms with Gasteiger partial charge in [0, 0.05) is 24.6 Å². The molecule has 0 spiro atoms. The molecule has 1 N–H and O–H groups in total. The Morgan fingerprint density at radius 3 is 2.57 bits per heavy atom. The molecule has 0 saturated carbocycles. The van der Waals surface area contributed by atoms with Gasteiger partial charge in [0.25, 0.3) is 0 Å². The second-order valence-electron chi connectivity index (χ2n) is 5.11. The molecule has 1 aromatic heterocycles. The van der Waals surface area contributed by atoms with Crippen LogP contribution in [0.2, 0.25) is 0 Å². The number of rotatable bonds is 4. The third kappa shape index (κ3) is 3.29. The summed E-state index contributed by atoms with van der Waals surface area (Å²) in [6, 6.07) is 21.0. The molecule has 21 heavy (non-hydrogen) atoms. The van der Waals surface area contributed by atoms with Crippen molar-refractivity contribution in [1.82, 2.24) is 4.98 Å². The lowest BCUT2D eigenvalue weighted by molar-refractivity contribution is 1.11. The van der Waals surface area contributed by atoms with Crippen LogP contribution in [0.1, 0.15) is 11.1 Å². The Balaban J connectivity index is 1.81. The summed E-state index contributed by atoms with van der Waals surface area (Å²) in [5.74, 6) is 0. The van der Waals surface area contributed by atoms with Gasteiger partial charge in [0.15, 0.2) is 0 Å². The van der Waals surface area contributed by atoms with E-state index < -0.39 is 0 Å². The number of benzene rings is 2. The zero-order valence-electron chi connectivity index (χ0n) is 12.1. The van der Waals surface area contributed by atoms with Gasteiger partial charge in [0.1, 0.15) is 0 Å². The number of hydrogen-bond acceptors (Lipinski definition) is 2. The van der Waals surface area contributed by atoms with E-state index >= 15 is 0 Å². The van der Waals surface area contributed by atoms with Crippen molar-refractivity contribution in [3.05, 3.63) is 84.2 Å². The molecule has 0 aliphatic heterocycles. The van der Waals surface area contributed by atoms with Gasteiger partial charge in [-0.3, -0.25) is 4.98 Å². The molecule has 2 heteroatoms. The maximum Gasteiger partial charge on any atom is 0.0416 e. The van der Waals surface area contributed by atoms with Gasteiger partial charge < -0.3 is 5.32 Å². The van der Waals surface area contributed by atoms with Gasteiger partial charge >= 0.3 is 0 Å². The van der Waals surface area contributed by atoms with Crippen molar-refractivity contribution < 1.29 is 0 Å². The molecule has 2 aromatic carbocycles. The van der Waals surface area contributed by atoms with E-state index in [1.807, 2.05) is 18.3 Å². The van der Waals surface area contributed by atoms with Crippen LogP contribution in [-0.2, 0) is 6.54 Å². The standard InChI is InChI=1S/C19H18N2/c1-15-9-10-18(21-14-16-6-5-11-20-13-16)12-19(15)17-7-3-2-4-8-17/h2-13,21H,14H2,1H3. The molecule has 3 rings (SSSR count). The molecule has 0 amide bonds. The zero-order chi connectivity index (χ0) is 14.5. The fourth-order valence-corrected chi connectivity index (χ4v) is 2.37. The van der Waals surface area contributed by atoms with Crippen molar-refractivity contribution in [3.63, 3.8) is 0 Å². The van der Waals surface area contributed by atoms with E-state index in [1.165, 1.54) is 22.3 Å². The van der Waals surface area contributed by atoms with Crippen molar-refractivity contribution in [2.45, 2.75) is 13.5 Å². The quantitative estimate of drug-likeness (QED) is 0.748. The average Bonchev–Trinajstić information content (AvgIpc) is 2.56. The minimum Gasteiger partial charge on any atom is -0.381 e. The highest BCUT2D eigenvalue weighted by Crippen LogP contribution is 2.26. The second kappa shape index (κ2) is 6.23. The Morgan fingerprint density at radius 1 is 0.952 bits per heavy atom. The van der Waals surface area contributed by atoms with Crippen molar-refractivity contribution in [2.75, 3.05) is 5.32 Å². The molecule has 104 valence electrons. The number of hydrogen-bond donors (Lipinski definition) is 1. The highest BCUT2D eigenvalue weighted by molar-refractivity contribution is 5.71. The van der Waals surface area contributed by atoms with E-state index in [0.29, 0.717) is 0 Å². The van der Waals surface area contributed by atoms with Crippen LogP contribution in [-0.4, -0.2) is 4.98 Å². The highest BCUT2D eigenvalue weighted by Gasteiger charge is 2.03. The third-order valence-electron chi connectivity index (χ3n) is 3.54. The summed E-state index contributed by atoms with van der Waals surface area (Å²) in [5, 5.41) is 3.46. The van der Waals surface area contributed by atoms with E-state index in [2.05, 4.69) is 65.8 Å². The number of nitrogens with zero attached hydrogens (tertiary/aromatic N) is 1. The number of anilines is 1. The second-order valence-corrected chi connectivity index (χ2v) is 5.11. The van der Waals surface area contributed by atoms with Gasteiger partial charge in [-0.15, -0.1) is 0 Å². The van der Waals surface area contributed by atoms with Crippen molar-refractivity contribution in [2.24, 2.45) is 0 Å². The van der Waals surface area contributed by atoms with Gasteiger partial charge in [-0.25, -0.2) is 0 Å². The molecule has 3 aromatic rings. The Morgan fingerprint density at radius 2 is 1.81 bits per heavy atom. The molecule has 0 saturated heterocycles. The summed E-state index contributed by atoms with van der Waals surface area (Å²) < 4.78 is 0. The molecule has 0 fully saturated rings. The number of aryl methyl sites for hydroxylation is 1. The molecule has 1 heterocycles. The first-order valence-electron chi connectivity index (χ1n) is 7.12. The number of pyridine rings is 1. The van der Waals surface area contributed by atoms with E-state index in [9.17, 15) is 0 Å². The normalized spacial score (nSPS) is 10.3.